The van der Waals surface area contributed by atoms with Gasteiger partial charge >= 0.3 is 0 Å². The van der Waals surface area contributed by atoms with Gasteiger partial charge in [0.25, 0.3) is 0 Å². The van der Waals surface area contributed by atoms with E-state index in [0.717, 1.165) is 0 Å². The molecule has 0 unspecified atom stereocenters. The molecule has 0 aliphatic heterocycles. The average Bonchev–Trinajstić information content (AvgIpc) is 2.65. The van der Waals surface area contributed by atoms with Crippen LogP contribution in [0.15, 0.2) is 40.9 Å². The van der Waals surface area contributed by atoms with E-state index in [4.69, 9.17) is 17.3 Å². The lowest BCUT2D eigenvalue weighted by atomic mass is 10.2. The highest BCUT2D eigenvalue weighted by Crippen LogP contribution is 2.31. The summed E-state index contributed by atoms with van der Waals surface area (Å²) in [7, 11) is 0. The smallest absolute Gasteiger partial charge is 0.206 e. The molecule has 3 rings (SSSR count). The SMILES string of the molecule is Nc1nc2cc(Cl)ccc2n1-c1c(F)cccc1Br. The Morgan fingerprint density at radius 1 is 1.26 bits per heavy atom. The van der Waals surface area contributed by atoms with Crippen LogP contribution in [0.5, 0.6) is 0 Å². The van der Waals surface area contributed by atoms with Gasteiger partial charge in [-0.2, -0.15) is 0 Å². The fourth-order valence-corrected chi connectivity index (χ4v) is 2.70. The van der Waals surface area contributed by atoms with Crippen LogP contribution < -0.4 is 5.73 Å². The number of nitrogens with zero attached hydrogens (tertiary/aromatic N) is 2. The van der Waals surface area contributed by atoms with E-state index < -0.39 is 0 Å². The number of imidazole rings is 1. The number of aromatic nitrogens is 2. The lowest BCUT2D eigenvalue weighted by molar-refractivity contribution is 0.619. The summed E-state index contributed by atoms with van der Waals surface area (Å²) in [6, 6.07) is 9.92. The first kappa shape index (κ1) is 12.4. The molecule has 0 fully saturated rings. The van der Waals surface area contributed by atoms with Crippen molar-refractivity contribution >= 4 is 44.5 Å². The maximum absolute atomic E-state index is 14.0. The van der Waals surface area contributed by atoms with E-state index in [1.54, 1.807) is 34.9 Å². The minimum Gasteiger partial charge on any atom is -0.369 e. The van der Waals surface area contributed by atoms with E-state index in [1.165, 1.54) is 6.07 Å². The summed E-state index contributed by atoms with van der Waals surface area (Å²) in [6.07, 6.45) is 0. The normalized spacial score (nSPS) is 11.1. The van der Waals surface area contributed by atoms with Crippen LogP contribution >= 0.6 is 27.5 Å². The van der Waals surface area contributed by atoms with E-state index in [-0.39, 0.29) is 11.8 Å². The summed E-state index contributed by atoms with van der Waals surface area (Å²) >= 11 is 9.25. The van der Waals surface area contributed by atoms with E-state index in [2.05, 4.69) is 20.9 Å². The Kier molecular flexibility index (Phi) is 2.95. The van der Waals surface area contributed by atoms with Crippen LogP contribution in [0.1, 0.15) is 0 Å². The monoisotopic (exact) mass is 339 g/mol. The topological polar surface area (TPSA) is 43.8 Å². The van der Waals surface area contributed by atoms with E-state index in [9.17, 15) is 4.39 Å². The number of hydrogen-bond donors (Lipinski definition) is 1. The van der Waals surface area contributed by atoms with Crippen molar-refractivity contribution in [3.63, 3.8) is 0 Å². The highest BCUT2D eigenvalue weighted by Gasteiger charge is 2.16. The van der Waals surface area contributed by atoms with Crippen LogP contribution in [0.2, 0.25) is 5.02 Å². The number of hydrogen-bond acceptors (Lipinski definition) is 2. The fourth-order valence-electron chi connectivity index (χ4n) is 2.01. The van der Waals surface area contributed by atoms with Crippen molar-refractivity contribution in [2.45, 2.75) is 0 Å². The molecule has 0 saturated heterocycles. The zero-order chi connectivity index (χ0) is 13.6. The first-order valence-electron chi connectivity index (χ1n) is 5.46. The van der Waals surface area contributed by atoms with Gasteiger partial charge in [0.15, 0.2) is 0 Å². The average molecular weight is 341 g/mol. The van der Waals surface area contributed by atoms with Gasteiger partial charge in [0.05, 0.1) is 16.7 Å². The first-order valence-corrected chi connectivity index (χ1v) is 6.63. The number of nitrogen functional groups attached to an aromatic ring is 1. The van der Waals surface area contributed by atoms with Gasteiger partial charge in [-0.3, -0.25) is 4.57 Å². The van der Waals surface area contributed by atoms with Gasteiger partial charge in [0.1, 0.15) is 5.82 Å². The molecule has 2 aromatic carbocycles. The number of benzene rings is 2. The Morgan fingerprint density at radius 2 is 2.05 bits per heavy atom. The highest BCUT2D eigenvalue weighted by atomic mass is 79.9. The summed E-state index contributed by atoms with van der Waals surface area (Å²) in [5.74, 6) is -0.168. The Hall–Kier alpha value is -1.59. The van der Waals surface area contributed by atoms with Gasteiger partial charge in [-0.1, -0.05) is 17.7 Å². The van der Waals surface area contributed by atoms with Crippen molar-refractivity contribution in [1.29, 1.82) is 0 Å². The highest BCUT2D eigenvalue weighted by molar-refractivity contribution is 9.10. The molecular weight excluding hydrogens is 333 g/mol. The number of para-hydroxylation sites is 1. The van der Waals surface area contributed by atoms with E-state index in [1.807, 2.05) is 0 Å². The largest absolute Gasteiger partial charge is 0.369 e. The zero-order valence-corrected chi connectivity index (χ0v) is 11.9. The van der Waals surface area contributed by atoms with Gasteiger partial charge in [0, 0.05) is 9.50 Å². The van der Waals surface area contributed by atoms with Crippen LogP contribution in [0, 0.1) is 5.82 Å². The van der Waals surface area contributed by atoms with Crippen molar-refractivity contribution in [2.75, 3.05) is 5.73 Å². The van der Waals surface area contributed by atoms with Gasteiger partial charge in [-0.15, -0.1) is 0 Å². The Bertz CT molecular complexity index is 765. The molecule has 0 amide bonds. The van der Waals surface area contributed by atoms with Crippen LogP contribution in [-0.4, -0.2) is 9.55 Å². The third-order valence-corrected chi connectivity index (χ3v) is 3.68. The molecule has 0 saturated carbocycles. The molecule has 6 heteroatoms. The van der Waals surface area contributed by atoms with Crippen molar-refractivity contribution in [1.82, 2.24) is 9.55 Å². The molecule has 19 heavy (non-hydrogen) atoms. The molecule has 0 atom stereocenters. The van der Waals surface area contributed by atoms with Crippen molar-refractivity contribution < 1.29 is 4.39 Å². The summed E-state index contributed by atoms with van der Waals surface area (Å²) in [6.45, 7) is 0. The van der Waals surface area contributed by atoms with Crippen LogP contribution in [0.4, 0.5) is 10.3 Å². The molecule has 3 nitrogen and oxygen atoms in total. The molecule has 0 aliphatic rings. The minimum absolute atomic E-state index is 0.211. The van der Waals surface area contributed by atoms with Crippen LogP contribution in [0.3, 0.4) is 0 Å². The molecule has 0 bridgehead atoms. The summed E-state index contributed by atoms with van der Waals surface area (Å²) in [5.41, 5.74) is 7.56. The number of halogens is 3. The minimum atomic E-state index is -0.379. The van der Waals surface area contributed by atoms with Crippen molar-refractivity contribution in [3.05, 3.63) is 51.7 Å². The molecule has 0 spiro atoms. The number of nitrogens with two attached hydrogens (primary N) is 1. The molecule has 0 radical (unpaired) electrons. The van der Waals surface area contributed by atoms with Crippen molar-refractivity contribution in [3.8, 4) is 5.69 Å². The lowest BCUT2D eigenvalue weighted by Crippen LogP contribution is -2.03. The van der Waals surface area contributed by atoms with Gasteiger partial charge < -0.3 is 5.73 Å². The molecule has 1 aromatic heterocycles. The van der Waals surface area contributed by atoms with Crippen LogP contribution in [0.25, 0.3) is 16.7 Å². The number of rotatable bonds is 1. The van der Waals surface area contributed by atoms with E-state index in [0.29, 0.717) is 26.2 Å². The molecule has 3 aromatic rings. The quantitative estimate of drug-likeness (QED) is 0.723. The fraction of sp³-hybridized carbons (Fsp3) is 0. The van der Waals surface area contributed by atoms with Gasteiger partial charge in [0.2, 0.25) is 5.95 Å². The Morgan fingerprint density at radius 3 is 2.79 bits per heavy atom. The predicted octanol–water partition coefficient (Wildman–Crippen LogP) is 4.16. The second-order valence-corrected chi connectivity index (χ2v) is 5.30. The standard InChI is InChI=1S/C13H8BrClFN3/c14-8-2-1-3-9(16)12(8)19-11-5-4-7(15)6-10(11)18-13(19)17/h1-6H,(H2,17,18). The Labute approximate surface area is 121 Å². The summed E-state index contributed by atoms with van der Waals surface area (Å²) in [5, 5.41) is 0.560. The molecular formula is C13H8BrClFN3. The first-order chi connectivity index (χ1) is 9.08. The second-order valence-electron chi connectivity index (χ2n) is 4.01. The molecule has 2 N–H and O–H groups in total. The summed E-state index contributed by atoms with van der Waals surface area (Å²) < 4.78 is 16.2. The van der Waals surface area contributed by atoms with Crippen molar-refractivity contribution in [2.24, 2.45) is 0 Å². The third kappa shape index (κ3) is 1.99. The molecule has 0 aliphatic carbocycles. The maximum atomic E-state index is 14.0. The van der Waals surface area contributed by atoms with Gasteiger partial charge in [-0.05, 0) is 46.3 Å². The lowest BCUT2D eigenvalue weighted by Gasteiger charge is -2.09. The third-order valence-electron chi connectivity index (χ3n) is 2.80. The predicted molar refractivity (Wildman–Crippen MR) is 78.2 cm³/mol. The summed E-state index contributed by atoms with van der Waals surface area (Å²) in [4.78, 5) is 4.20. The maximum Gasteiger partial charge on any atom is 0.206 e. The number of fused-ring (bicyclic) bond motifs is 1. The van der Waals surface area contributed by atoms with E-state index >= 15 is 0 Å². The van der Waals surface area contributed by atoms with Crippen LogP contribution in [-0.2, 0) is 0 Å². The second kappa shape index (κ2) is 4.51. The zero-order valence-electron chi connectivity index (χ0n) is 9.57. The Balaban J connectivity index is 2.40. The van der Waals surface area contributed by atoms with Gasteiger partial charge in [-0.25, -0.2) is 9.37 Å². The number of anilines is 1. The molecule has 1 heterocycles. The molecule has 96 valence electrons.